The lowest BCUT2D eigenvalue weighted by Gasteiger charge is -2.48. The number of nitrogens with two attached hydrogens (primary N) is 1. The number of carbonyl (C=O) groups is 5. The van der Waals surface area contributed by atoms with E-state index in [0.29, 0.717) is 11.3 Å². The molecule has 4 aliphatic rings. The zero-order valence-corrected chi connectivity index (χ0v) is 20.9. The number of Topliss-reactive ketones (excluding diaryl/α,β-unsaturated/α-hetero) is 4. The van der Waals surface area contributed by atoms with Crippen molar-refractivity contribution in [2.45, 2.75) is 50.5 Å². The Bertz CT molecular complexity index is 1310. The van der Waals surface area contributed by atoms with Gasteiger partial charge in [0.1, 0.15) is 5.75 Å². The van der Waals surface area contributed by atoms with Crippen LogP contribution in [-0.4, -0.2) is 58.9 Å². The number of ketones is 4. The summed E-state index contributed by atoms with van der Waals surface area (Å²) >= 11 is 0. The second-order valence-corrected chi connectivity index (χ2v) is 11.0. The molecule has 3 saturated carbocycles. The first-order chi connectivity index (χ1) is 17.5. The van der Waals surface area contributed by atoms with Gasteiger partial charge in [0.05, 0.1) is 17.0 Å². The number of hydrogen-bond acceptors (Lipinski definition) is 8. The quantitative estimate of drug-likeness (QED) is 0.395. The van der Waals surface area contributed by atoms with Crippen LogP contribution in [0.4, 0.5) is 5.69 Å². The zero-order chi connectivity index (χ0) is 26.8. The van der Waals surface area contributed by atoms with Gasteiger partial charge < -0.3 is 20.8 Å². The molecule has 5 atom stereocenters. The van der Waals surface area contributed by atoms with Crippen LogP contribution in [0.25, 0.3) is 0 Å². The second kappa shape index (κ2) is 8.80. The summed E-state index contributed by atoms with van der Waals surface area (Å²) in [6, 6.07) is 1.75. The van der Waals surface area contributed by atoms with Crippen LogP contribution in [0, 0.1) is 41.4 Å². The minimum Gasteiger partial charge on any atom is -0.506 e. The molecule has 1 aromatic carbocycles. The molecule has 9 nitrogen and oxygen atoms in total. The van der Waals surface area contributed by atoms with Gasteiger partial charge in [0, 0.05) is 38.0 Å². The molecule has 1 amide bonds. The van der Waals surface area contributed by atoms with Crippen molar-refractivity contribution in [1.82, 2.24) is 0 Å². The fourth-order valence-electron chi connectivity index (χ4n) is 6.76. The van der Waals surface area contributed by atoms with E-state index in [1.165, 1.54) is 0 Å². The number of aromatic hydroxyl groups is 1. The van der Waals surface area contributed by atoms with Crippen LogP contribution in [0.5, 0.6) is 5.75 Å². The molecule has 9 heteroatoms. The highest BCUT2D eigenvalue weighted by molar-refractivity contribution is 6.31. The lowest BCUT2D eigenvalue weighted by molar-refractivity contribution is -0.175. The van der Waals surface area contributed by atoms with E-state index in [-0.39, 0.29) is 42.1 Å². The first-order valence-corrected chi connectivity index (χ1v) is 12.7. The Kier molecular flexibility index (Phi) is 5.99. The highest BCUT2D eigenvalue weighted by atomic mass is 16.3. The Morgan fingerprint density at radius 2 is 1.78 bits per heavy atom. The topological polar surface area (TPSA) is 155 Å². The van der Waals surface area contributed by atoms with Crippen molar-refractivity contribution in [3.63, 3.8) is 0 Å². The lowest BCUT2D eigenvalue weighted by atomic mass is 9.53. The molecular weight excluding hydrogens is 476 g/mol. The molecule has 4 N–H and O–H groups in total. The van der Waals surface area contributed by atoms with E-state index < -0.39 is 58.3 Å². The summed E-state index contributed by atoms with van der Waals surface area (Å²) < 4.78 is 0. The van der Waals surface area contributed by atoms with Crippen molar-refractivity contribution in [2.75, 3.05) is 19.0 Å². The van der Waals surface area contributed by atoms with Crippen molar-refractivity contribution in [3.05, 3.63) is 22.8 Å². The van der Waals surface area contributed by atoms with Crippen LogP contribution in [0.2, 0.25) is 0 Å². The van der Waals surface area contributed by atoms with Crippen molar-refractivity contribution >= 4 is 34.7 Å². The SMILES string of the molecule is CN(C)c1cc(C#CC2CCCC2)c(O)c2c1C[C@H]1C[C@H]3CC(=O)C(C(N)=O)C(=O)[C@@]3(O)C(=O)C1C2=O. The monoisotopic (exact) mass is 506 g/mol. The largest absolute Gasteiger partial charge is 0.506 e. The van der Waals surface area contributed by atoms with Crippen molar-refractivity contribution in [1.29, 1.82) is 0 Å². The molecular formula is C28H30N2O7. The number of amides is 1. The molecule has 0 bridgehead atoms. The van der Waals surface area contributed by atoms with Crippen LogP contribution in [0.1, 0.15) is 60.0 Å². The summed E-state index contributed by atoms with van der Waals surface area (Å²) in [5.74, 6) is -3.70. The molecule has 0 aliphatic heterocycles. The van der Waals surface area contributed by atoms with E-state index in [4.69, 9.17) is 5.73 Å². The molecule has 5 rings (SSSR count). The highest BCUT2D eigenvalue weighted by Gasteiger charge is 2.66. The number of fused-ring (bicyclic) bond motifs is 3. The number of hydrogen-bond donors (Lipinski definition) is 3. The van der Waals surface area contributed by atoms with E-state index in [1.807, 2.05) is 19.0 Å². The molecule has 0 spiro atoms. The summed E-state index contributed by atoms with van der Waals surface area (Å²) in [6.07, 6.45) is 4.13. The van der Waals surface area contributed by atoms with Gasteiger partial charge in [0.25, 0.3) is 0 Å². The Labute approximate surface area is 214 Å². The fourth-order valence-corrected chi connectivity index (χ4v) is 6.76. The normalized spacial score (nSPS) is 31.2. The van der Waals surface area contributed by atoms with Crippen LogP contribution >= 0.6 is 0 Å². The van der Waals surface area contributed by atoms with Gasteiger partial charge in [-0.25, -0.2) is 0 Å². The maximum absolute atomic E-state index is 13.8. The van der Waals surface area contributed by atoms with Gasteiger partial charge in [0.15, 0.2) is 34.7 Å². The molecule has 194 valence electrons. The predicted octanol–water partition coefficient (Wildman–Crippen LogP) is 0.935. The molecule has 2 unspecified atom stereocenters. The molecule has 0 radical (unpaired) electrons. The van der Waals surface area contributed by atoms with E-state index in [2.05, 4.69) is 11.8 Å². The van der Waals surface area contributed by atoms with E-state index >= 15 is 0 Å². The number of anilines is 1. The van der Waals surface area contributed by atoms with Gasteiger partial charge in [-0.15, -0.1) is 0 Å². The Morgan fingerprint density at radius 3 is 2.41 bits per heavy atom. The van der Waals surface area contributed by atoms with Gasteiger partial charge in [-0.1, -0.05) is 24.7 Å². The second-order valence-electron chi connectivity index (χ2n) is 11.0. The average molecular weight is 507 g/mol. The minimum absolute atomic E-state index is 0.0237. The first kappa shape index (κ1) is 25.2. The third-order valence-corrected chi connectivity index (χ3v) is 8.63. The number of rotatable bonds is 2. The summed E-state index contributed by atoms with van der Waals surface area (Å²) in [4.78, 5) is 66.7. The van der Waals surface area contributed by atoms with Gasteiger partial charge in [-0.05, 0) is 43.2 Å². The summed E-state index contributed by atoms with van der Waals surface area (Å²) in [5, 5.41) is 22.5. The Balaban J connectivity index is 1.60. The molecule has 1 aromatic rings. The molecule has 0 saturated heterocycles. The molecule has 0 aromatic heterocycles. The average Bonchev–Trinajstić information content (AvgIpc) is 3.34. The third-order valence-electron chi connectivity index (χ3n) is 8.63. The molecule has 37 heavy (non-hydrogen) atoms. The number of primary amides is 1. The Hall–Kier alpha value is -3.51. The number of phenols is 1. The smallest absolute Gasteiger partial charge is 0.235 e. The maximum atomic E-state index is 13.8. The van der Waals surface area contributed by atoms with Gasteiger partial charge in [0.2, 0.25) is 5.91 Å². The molecule has 3 fully saturated rings. The first-order valence-electron chi connectivity index (χ1n) is 12.7. The predicted molar refractivity (Wildman–Crippen MR) is 132 cm³/mol. The van der Waals surface area contributed by atoms with Gasteiger partial charge in [-0.2, -0.15) is 0 Å². The van der Waals surface area contributed by atoms with Crippen LogP contribution in [0.3, 0.4) is 0 Å². The summed E-state index contributed by atoms with van der Waals surface area (Å²) in [5.41, 5.74) is 4.10. The van der Waals surface area contributed by atoms with Crippen LogP contribution in [0.15, 0.2) is 6.07 Å². The highest BCUT2D eigenvalue weighted by Crippen LogP contribution is 2.51. The number of carbonyl (C=O) groups excluding carboxylic acids is 5. The minimum atomic E-state index is -2.65. The summed E-state index contributed by atoms with van der Waals surface area (Å²) in [7, 11) is 3.62. The third kappa shape index (κ3) is 3.69. The zero-order valence-electron chi connectivity index (χ0n) is 20.9. The molecule has 0 heterocycles. The number of aliphatic hydroxyl groups is 1. The van der Waals surface area contributed by atoms with Crippen LogP contribution < -0.4 is 10.6 Å². The van der Waals surface area contributed by atoms with Crippen molar-refractivity contribution in [2.24, 2.45) is 35.3 Å². The standard InChI is InChI=1S/C28H30N2O7/c1-30(2)18-11-14(8-7-13-5-3-4-6-13)23(32)21-17(18)10-15-9-16-12-19(31)22(27(29)36)26(35)28(16,37)25(34)20(15)24(21)33/h11,13,15-16,20,22,32,37H,3-6,9-10,12H2,1-2H3,(H2,29,36)/t15-,16+,20?,22?,28+/m1/s1. The number of nitrogens with zero attached hydrogens (tertiary/aromatic N) is 1. The molecule has 4 aliphatic carbocycles. The van der Waals surface area contributed by atoms with E-state index in [9.17, 15) is 34.2 Å². The lowest BCUT2D eigenvalue weighted by Crippen LogP contribution is -2.68. The van der Waals surface area contributed by atoms with E-state index in [1.54, 1.807) is 6.07 Å². The summed E-state index contributed by atoms with van der Waals surface area (Å²) in [6.45, 7) is 0. The van der Waals surface area contributed by atoms with Gasteiger partial charge >= 0.3 is 0 Å². The Morgan fingerprint density at radius 1 is 1.11 bits per heavy atom. The van der Waals surface area contributed by atoms with Gasteiger partial charge in [-0.3, -0.25) is 24.0 Å². The fraction of sp³-hybridized carbons (Fsp3) is 0.536. The maximum Gasteiger partial charge on any atom is 0.235 e. The van der Waals surface area contributed by atoms with Crippen LogP contribution in [-0.2, 0) is 25.6 Å². The van der Waals surface area contributed by atoms with Crippen molar-refractivity contribution < 1.29 is 34.2 Å². The van der Waals surface area contributed by atoms with Crippen molar-refractivity contribution in [3.8, 4) is 17.6 Å². The van der Waals surface area contributed by atoms with E-state index in [0.717, 1.165) is 25.7 Å². The number of benzene rings is 1. The number of phenolic OH excluding ortho intramolecular Hbond substituents is 1.